The van der Waals surface area contributed by atoms with Crippen LogP contribution in [-0.4, -0.2) is 10.3 Å². The Balaban J connectivity index is 1.93. The van der Waals surface area contributed by atoms with E-state index in [0.717, 1.165) is 18.8 Å². The number of benzene rings is 2. The summed E-state index contributed by atoms with van der Waals surface area (Å²) in [6.07, 6.45) is 2.15. The fourth-order valence-electron chi connectivity index (χ4n) is 2.52. The van der Waals surface area contributed by atoms with Gasteiger partial charge in [-0.25, -0.2) is 9.13 Å². The lowest BCUT2D eigenvalue weighted by molar-refractivity contribution is -0.663. The molecule has 104 valence electrons. The predicted octanol–water partition coefficient (Wildman–Crippen LogP) is 3.19. The fraction of sp³-hybridized carbons (Fsp3) is 0.176. The van der Waals surface area contributed by atoms with Crippen LogP contribution in [0, 0.1) is 10.7 Å². The molecule has 2 aromatic carbocycles. The number of thiocyanates is 1. The van der Waals surface area contributed by atoms with Crippen LogP contribution >= 0.6 is 11.8 Å². The molecule has 3 nitrogen and oxygen atoms in total. The van der Waals surface area contributed by atoms with Crippen molar-refractivity contribution in [2.24, 2.45) is 0 Å². The van der Waals surface area contributed by atoms with Gasteiger partial charge in [-0.2, -0.15) is 5.26 Å². The zero-order chi connectivity index (χ0) is 14.5. The van der Waals surface area contributed by atoms with E-state index in [1.807, 2.05) is 6.07 Å². The molecule has 0 atom stereocenters. The van der Waals surface area contributed by atoms with Gasteiger partial charge in [0.15, 0.2) is 11.0 Å². The number of aryl methyl sites for hydroxylation is 1. The third-order valence-electron chi connectivity index (χ3n) is 3.47. The van der Waals surface area contributed by atoms with Crippen molar-refractivity contribution in [3.63, 3.8) is 0 Å². The highest BCUT2D eigenvalue weighted by molar-refractivity contribution is 8.03. The van der Waals surface area contributed by atoms with Gasteiger partial charge >= 0.3 is 0 Å². The molecule has 21 heavy (non-hydrogen) atoms. The minimum Gasteiger partial charge on any atom is -0.229 e. The van der Waals surface area contributed by atoms with Gasteiger partial charge in [0.05, 0.1) is 0 Å². The average Bonchev–Trinajstić information content (AvgIpc) is 2.87. The van der Waals surface area contributed by atoms with Crippen molar-refractivity contribution < 1.29 is 4.57 Å². The number of aromatic nitrogens is 2. The van der Waals surface area contributed by atoms with Crippen molar-refractivity contribution in [3.8, 4) is 5.40 Å². The molecule has 0 aliphatic carbocycles. The van der Waals surface area contributed by atoms with E-state index in [2.05, 4.69) is 69.4 Å². The first-order valence-corrected chi connectivity index (χ1v) is 7.89. The Morgan fingerprint density at radius 2 is 1.81 bits per heavy atom. The highest BCUT2D eigenvalue weighted by Gasteiger charge is 2.14. The van der Waals surface area contributed by atoms with Crippen molar-refractivity contribution in [2.45, 2.75) is 13.1 Å². The third kappa shape index (κ3) is 3.09. The smallest absolute Gasteiger partial charge is 0.229 e. The summed E-state index contributed by atoms with van der Waals surface area (Å²) in [6.45, 7) is 1.71. The maximum atomic E-state index is 8.66. The van der Waals surface area contributed by atoms with Crippen LogP contribution in [0.3, 0.4) is 0 Å². The van der Waals surface area contributed by atoms with E-state index in [1.54, 1.807) is 0 Å². The molecule has 0 fully saturated rings. The van der Waals surface area contributed by atoms with Crippen LogP contribution in [0.25, 0.3) is 11.0 Å². The third-order valence-corrected chi connectivity index (χ3v) is 3.99. The van der Waals surface area contributed by atoms with Crippen molar-refractivity contribution in [1.82, 2.24) is 4.57 Å². The van der Waals surface area contributed by atoms with Gasteiger partial charge in [0.2, 0.25) is 6.33 Å². The maximum absolute atomic E-state index is 8.66. The Morgan fingerprint density at radius 3 is 2.62 bits per heavy atom. The lowest BCUT2D eigenvalue weighted by Crippen LogP contribution is -2.32. The van der Waals surface area contributed by atoms with E-state index in [1.165, 1.54) is 28.4 Å². The summed E-state index contributed by atoms with van der Waals surface area (Å²) in [7, 11) is 0. The summed E-state index contributed by atoms with van der Waals surface area (Å²) in [5.41, 5.74) is 3.73. The number of fused-ring (bicyclic) bond motifs is 1. The molecule has 0 aliphatic heterocycles. The Kier molecular flexibility index (Phi) is 4.23. The normalized spacial score (nSPS) is 10.6. The number of para-hydroxylation sites is 2. The van der Waals surface area contributed by atoms with Crippen LogP contribution in [0.1, 0.15) is 5.56 Å². The van der Waals surface area contributed by atoms with Gasteiger partial charge in [-0.1, -0.05) is 42.5 Å². The fourth-order valence-corrected chi connectivity index (χ4v) is 2.90. The Morgan fingerprint density at radius 1 is 1.05 bits per heavy atom. The highest BCUT2D eigenvalue weighted by Crippen LogP contribution is 2.12. The van der Waals surface area contributed by atoms with E-state index < -0.39 is 0 Å². The van der Waals surface area contributed by atoms with Crippen LogP contribution in [-0.2, 0) is 13.1 Å². The molecule has 3 rings (SSSR count). The molecular formula is C17H16N3S+. The minimum atomic E-state index is 0.806. The zero-order valence-corrected chi connectivity index (χ0v) is 12.5. The van der Waals surface area contributed by atoms with Crippen LogP contribution < -0.4 is 4.57 Å². The van der Waals surface area contributed by atoms with E-state index in [9.17, 15) is 0 Å². The molecule has 0 saturated heterocycles. The van der Waals surface area contributed by atoms with Gasteiger partial charge in [0, 0.05) is 5.75 Å². The van der Waals surface area contributed by atoms with Gasteiger partial charge in [-0.15, -0.1) is 0 Å². The van der Waals surface area contributed by atoms with Gasteiger partial charge < -0.3 is 0 Å². The van der Waals surface area contributed by atoms with E-state index in [4.69, 9.17) is 5.26 Å². The van der Waals surface area contributed by atoms with Crippen LogP contribution in [0.2, 0.25) is 0 Å². The van der Waals surface area contributed by atoms with Gasteiger partial charge in [0.25, 0.3) is 0 Å². The second-order valence-electron chi connectivity index (χ2n) is 4.85. The quantitative estimate of drug-likeness (QED) is 0.411. The maximum Gasteiger partial charge on any atom is 0.245 e. The lowest BCUT2D eigenvalue weighted by Gasteiger charge is -1.97. The number of rotatable bonds is 5. The Bertz CT molecular complexity index is 772. The molecule has 0 aliphatic rings. The summed E-state index contributed by atoms with van der Waals surface area (Å²) in [6, 6.07) is 18.9. The van der Waals surface area contributed by atoms with E-state index in [-0.39, 0.29) is 0 Å². The first-order chi connectivity index (χ1) is 10.4. The standard InChI is InChI=1S/C17H16N3S/c18-13-21-11-10-19-14-20(12-15-6-2-1-3-7-15)17-9-5-4-8-16(17)19/h1-9,14H,10-12H2/q+1. The summed E-state index contributed by atoms with van der Waals surface area (Å²) < 4.78 is 4.49. The molecule has 1 aromatic heterocycles. The van der Waals surface area contributed by atoms with Crippen molar-refractivity contribution in [2.75, 3.05) is 5.75 Å². The first-order valence-electron chi connectivity index (χ1n) is 6.90. The summed E-state index contributed by atoms with van der Waals surface area (Å²) in [5.74, 6) is 0.806. The summed E-state index contributed by atoms with van der Waals surface area (Å²) in [5, 5.41) is 10.8. The second-order valence-corrected chi connectivity index (χ2v) is 5.73. The monoisotopic (exact) mass is 294 g/mol. The van der Waals surface area contributed by atoms with Crippen molar-refractivity contribution >= 4 is 22.8 Å². The van der Waals surface area contributed by atoms with E-state index in [0.29, 0.717) is 0 Å². The Labute approximate surface area is 128 Å². The molecule has 0 saturated carbocycles. The molecule has 0 radical (unpaired) electrons. The molecule has 0 unspecified atom stereocenters. The average molecular weight is 294 g/mol. The first kappa shape index (κ1) is 13.7. The number of hydrogen-bond donors (Lipinski definition) is 0. The molecule has 0 bridgehead atoms. The number of nitriles is 1. The predicted molar refractivity (Wildman–Crippen MR) is 85.7 cm³/mol. The summed E-state index contributed by atoms with van der Waals surface area (Å²) in [4.78, 5) is 0. The van der Waals surface area contributed by atoms with Crippen LogP contribution in [0.4, 0.5) is 0 Å². The van der Waals surface area contributed by atoms with Crippen LogP contribution in [0.5, 0.6) is 0 Å². The minimum absolute atomic E-state index is 0.806. The van der Waals surface area contributed by atoms with Gasteiger partial charge in [-0.05, 0) is 29.5 Å². The molecular weight excluding hydrogens is 278 g/mol. The second kappa shape index (κ2) is 6.47. The van der Waals surface area contributed by atoms with Gasteiger partial charge in [-0.3, -0.25) is 0 Å². The SMILES string of the molecule is N#CSCCn1c[n+](Cc2ccccc2)c2ccccc21. The molecule has 0 spiro atoms. The van der Waals surface area contributed by atoms with Crippen LogP contribution in [0.15, 0.2) is 60.9 Å². The van der Waals surface area contributed by atoms with Crippen molar-refractivity contribution in [1.29, 1.82) is 5.26 Å². The number of nitrogens with zero attached hydrogens (tertiary/aromatic N) is 3. The molecule has 0 amide bonds. The number of thioether (sulfide) groups is 1. The largest absolute Gasteiger partial charge is 0.245 e. The molecule has 4 heteroatoms. The van der Waals surface area contributed by atoms with Crippen molar-refractivity contribution in [3.05, 3.63) is 66.5 Å². The Hall–Kier alpha value is -2.25. The molecule has 3 aromatic rings. The number of hydrogen-bond acceptors (Lipinski definition) is 2. The van der Waals surface area contributed by atoms with Gasteiger partial charge in [0.1, 0.15) is 18.5 Å². The van der Waals surface area contributed by atoms with E-state index >= 15 is 0 Å². The highest BCUT2D eigenvalue weighted by atomic mass is 32.2. The zero-order valence-electron chi connectivity index (χ0n) is 11.6. The summed E-state index contributed by atoms with van der Waals surface area (Å²) >= 11 is 1.30. The lowest BCUT2D eigenvalue weighted by atomic mass is 10.2. The number of imidazole rings is 1. The topological polar surface area (TPSA) is 32.6 Å². The molecule has 0 N–H and O–H groups in total. The molecule has 1 heterocycles.